The fraction of sp³-hybridized carbons (Fsp3) is 0.889. The molecule has 13 heavy (non-hydrogen) atoms. The fourth-order valence-electron chi connectivity index (χ4n) is 1.90. The van der Waals surface area contributed by atoms with E-state index >= 15 is 0 Å². The first kappa shape index (κ1) is 10.9. The van der Waals surface area contributed by atoms with Crippen molar-refractivity contribution in [3.8, 4) is 0 Å². The lowest BCUT2D eigenvalue weighted by Crippen LogP contribution is -2.32. The van der Waals surface area contributed by atoms with E-state index in [-0.39, 0.29) is 0 Å². The number of carbonyl (C=O) groups is 1. The maximum atomic E-state index is 12.4. The molecule has 0 saturated heterocycles. The van der Waals surface area contributed by atoms with Crippen molar-refractivity contribution in [3.05, 3.63) is 0 Å². The van der Waals surface area contributed by atoms with E-state index in [0.717, 1.165) is 12.8 Å². The zero-order valence-electron chi connectivity index (χ0n) is 7.53. The van der Waals surface area contributed by atoms with Gasteiger partial charge < -0.3 is 0 Å². The zero-order chi connectivity index (χ0) is 10.1. The second kappa shape index (κ2) is 3.91. The molecular weight excluding hydrogens is 198 g/mol. The van der Waals surface area contributed by atoms with Gasteiger partial charge in [-0.1, -0.05) is 19.8 Å². The van der Waals surface area contributed by atoms with Gasteiger partial charge in [-0.05, 0) is 30.4 Å². The molecule has 1 aliphatic rings. The summed E-state index contributed by atoms with van der Waals surface area (Å²) in [5.41, 5.74) is 0. The summed E-state index contributed by atoms with van der Waals surface area (Å²) in [6.45, 7) is 1.98. The Hall–Kier alpha value is -0.180. The molecule has 0 amide bonds. The molecule has 1 fully saturated rings. The minimum absolute atomic E-state index is 0.363. The van der Waals surface area contributed by atoms with Gasteiger partial charge in [0.05, 0.1) is 0 Å². The summed E-state index contributed by atoms with van der Waals surface area (Å²) in [6.07, 6.45) is 2.99. The van der Waals surface area contributed by atoms with Crippen LogP contribution in [0.1, 0.15) is 32.6 Å². The first-order valence-electron chi connectivity index (χ1n) is 4.52. The average Bonchev–Trinajstić information content (AvgIpc) is 2.01. The van der Waals surface area contributed by atoms with Crippen LogP contribution < -0.4 is 0 Å². The highest BCUT2D eigenvalue weighted by atomic mass is 35.5. The van der Waals surface area contributed by atoms with Crippen molar-refractivity contribution in [2.45, 2.75) is 38.0 Å². The van der Waals surface area contributed by atoms with Crippen molar-refractivity contribution in [2.24, 2.45) is 11.8 Å². The lowest BCUT2D eigenvalue weighted by Gasteiger charge is -2.26. The van der Waals surface area contributed by atoms with Crippen LogP contribution in [0.5, 0.6) is 0 Å². The van der Waals surface area contributed by atoms with Gasteiger partial charge in [0.15, 0.2) is 0 Å². The standard InChI is InChI=1S/C9H13ClF2O/c1-6-3-2-4-7(5-6)8(13)9(10,11)12/h6-7H,2-5H2,1H3. The predicted molar refractivity (Wildman–Crippen MR) is 46.9 cm³/mol. The Morgan fingerprint density at radius 3 is 2.54 bits per heavy atom. The molecule has 0 aliphatic heterocycles. The molecule has 1 nitrogen and oxygen atoms in total. The van der Waals surface area contributed by atoms with Gasteiger partial charge in [-0.25, -0.2) is 0 Å². The van der Waals surface area contributed by atoms with Gasteiger partial charge in [0, 0.05) is 5.92 Å². The van der Waals surface area contributed by atoms with Gasteiger partial charge in [-0.15, -0.1) is 0 Å². The Labute approximate surface area is 81.4 Å². The Morgan fingerprint density at radius 2 is 2.08 bits per heavy atom. The molecule has 1 rings (SSSR count). The highest BCUT2D eigenvalue weighted by molar-refractivity contribution is 6.32. The lowest BCUT2D eigenvalue weighted by molar-refractivity contribution is -0.139. The van der Waals surface area contributed by atoms with Crippen LogP contribution in [-0.4, -0.2) is 11.2 Å². The summed E-state index contributed by atoms with van der Waals surface area (Å²) in [6, 6.07) is 0. The van der Waals surface area contributed by atoms with Crippen molar-refractivity contribution in [1.82, 2.24) is 0 Å². The van der Waals surface area contributed by atoms with E-state index < -0.39 is 17.1 Å². The van der Waals surface area contributed by atoms with E-state index in [2.05, 4.69) is 11.6 Å². The second-order valence-corrected chi connectivity index (χ2v) is 4.31. The molecule has 0 radical (unpaired) electrons. The summed E-state index contributed by atoms with van der Waals surface area (Å²) in [5.74, 6) is -1.27. The van der Waals surface area contributed by atoms with Crippen LogP contribution in [-0.2, 0) is 4.79 Å². The number of Topliss-reactive ketones (excluding diaryl/α,β-unsaturated/α-hetero) is 1. The molecule has 2 unspecified atom stereocenters. The van der Waals surface area contributed by atoms with Crippen molar-refractivity contribution in [1.29, 1.82) is 0 Å². The van der Waals surface area contributed by atoms with Crippen molar-refractivity contribution < 1.29 is 13.6 Å². The number of carbonyl (C=O) groups excluding carboxylic acids is 1. The Kier molecular flexibility index (Phi) is 3.28. The van der Waals surface area contributed by atoms with Crippen LogP contribution in [0.3, 0.4) is 0 Å². The molecule has 1 aliphatic carbocycles. The van der Waals surface area contributed by atoms with Gasteiger partial charge in [-0.3, -0.25) is 4.79 Å². The van der Waals surface area contributed by atoms with Crippen molar-refractivity contribution in [3.63, 3.8) is 0 Å². The van der Waals surface area contributed by atoms with E-state index in [1.807, 2.05) is 6.92 Å². The minimum atomic E-state index is -3.66. The number of ketones is 1. The molecule has 0 bridgehead atoms. The van der Waals surface area contributed by atoms with E-state index in [9.17, 15) is 13.6 Å². The molecule has 76 valence electrons. The molecule has 2 atom stereocenters. The minimum Gasteiger partial charge on any atom is -0.291 e. The largest absolute Gasteiger partial charge is 0.380 e. The number of hydrogen-bond acceptors (Lipinski definition) is 1. The van der Waals surface area contributed by atoms with Crippen molar-refractivity contribution in [2.75, 3.05) is 0 Å². The Morgan fingerprint density at radius 1 is 1.46 bits per heavy atom. The van der Waals surface area contributed by atoms with Crippen LogP contribution >= 0.6 is 11.6 Å². The van der Waals surface area contributed by atoms with E-state index in [4.69, 9.17) is 0 Å². The molecular formula is C9H13ClF2O. The normalized spacial score (nSPS) is 30.2. The first-order chi connectivity index (χ1) is 5.91. The topological polar surface area (TPSA) is 17.1 Å². The summed E-state index contributed by atoms with van der Waals surface area (Å²) in [7, 11) is 0. The van der Waals surface area contributed by atoms with Crippen LogP contribution in [0.25, 0.3) is 0 Å². The number of halogens is 3. The third kappa shape index (κ3) is 2.90. The third-order valence-corrected chi connectivity index (χ3v) is 2.77. The van der Waals surface area contributed by atoms with E-state index in [0.29, 0.717) is 18.8 Å². The van der Waals surface area contributed by atoms with Gasteiger partial charge in [0.2, 0.25) is 5.78 Å². The van der Waals surface area contributed by atoms with E-state index in [1.54, 1.807) is 0 Å². The summed E-state index contributed by atoms with van der Waals surface area (Å²) in [4.78, 5) is 11.1. The first-order valence-corrected chi connectivity index (χ1v) is 4.90. The van der Waals surface area contributed by atoms with Gasteiger partial charge >= 0.3 is 5.38 Å². The number of rotatable bonds is 2. The maximum Gasteiger partial charge on any atom is 0.380 e. The zero-order valence-corrected chi connectivity index (χ0v) is 8.28. The van der Waals surface area contributed by atoms with Crippen LogP contribution in [0, 0.1) is 11.8 Å². The SMILES string of the molecule is CC1CCCC(C(=O)C(F)(F)Cl)C1. The fourth-order valence-corrected chi connectivity index (χ4v) is 2.06. The molecule has 0 aromatic rings. The monoisotopic (exact) mass is 210 g/mol. The van der Waals surface area contributed by atoms with Gasteiger partial charge in [0.25, 0.3) is 0 Å². The molecule has 0 aromatic heterocycles. The summed E-state index contributed by atoms with van der Waals surface area (Å²) in [5, 5.41) is -3.66. The average molecular weight is 211 g/mol. The lowest BCUT2D eigenvalue weighted by atomic mass is 9.80. The molecule has 1 saturated carbocycles. The number of hydrogen-bond donors (Lipinski definition) is 0. The summed E-state index contributed by atoms with van der Waals surface area (Å²) < 4.78 is 24.9. The molecule has 4 heteroatoms. The van der Waals surface area contributed by atoms with Gasteiger partial charge in [0.1, 0.15) is 0 Å². The van der Waals surface area contributed by atoms with Gasteiger partial charge in [-0.2, -0.15) is 8.78 Å². The molecule has 0 N–H and O–H groups in total. The smallest absolute Gasteiger partial charge is 0.291 e. The molecule has 0 aromatic carbocycles. The molecule has 0 spiro atoms. The Balaban J connectivity index is 2.56. The van der Waals surface area contributed by atoms with Crippen LogP contribution in [0.15, 0.2) is 0 Å². The maximum absolute atomic E-state index is 12.4. The van der Waals surface area contributed by atoms with E-state index in [1.165, 1.54) is 0 Å². The highest BCUT2D eigenvalue weighted by Crippen LogP contribution is 2.34. The van der Waals surface area contributed by atoms with Crippen LogP contribution in [0.4, 0.5) is 8.78 Å². The summed E-state index contributed by atoms with van der Waals surface area (Å²) >= 11 is 4.68. The van der Waals surface area contributed by atoms with Crippen LogP contribution in [0.2, 0.25) is 0 Å². The van der Waals surface area contributed by atoms with Crippen molar-refractivity contribution >= 4 is 17.4 Å². The third-order valence-electron chi connectivity index (χ3n) is 2.59. The second-order valence-electron chi connectivity index (χ2n) is 3.83. The quantitative estimate of drug-likeness (QED) is 0.640. The Bertz CT molecular complexity index is 200. The predicted octanol–water partition coefficient (Wildman–Crippen LogP) is 3.21. The highest BCUT2D eigenvalue weighted by Gasteiger charge is 2.41. The number of alkyl halides is 3. The molecule has 0 heterocycles.